The highest BCUT2D eigenvalue weighted by molar-refractivity contribution is 5.97. The number of rotatable bonds is 9. The summed E-state index contributed by atoms with van der Waals surface area (Å²) in [6, 6.07) is 5.34. The molecule has 1 unspecified atom stereocenters. The largest absolute Gasteiger partial charge is 0.497 e. The number of amides is 1. The van der Waals surface area contributed by atoms with Crippen LogP contribution in [0.4, 0.5) is 0 Å². The fraction of sp³-hybridized carbons (Fsp3) is 0.667. The van der Waals surface area contributed by atoms with Crippen molar-refractivity contribution in [2.24, 2.45) is 5.92 Å². The summed E-state index contributed by atoms with van der Waals surface area (Å²) in [6.45, 7) is 5.86. The Morgan fingerprint density at radius 3 is 2.75 bits per heavy atom. The van der Waals surface area contributed by atoms with Gasteiger partial charge in [-0.1, -0.05) is 0 Å². The van der Waals surface area contributed by atoms with Crippen LogP contribution in [0.3, 0.4) is 0 Å². The Kier molecular flexibility index (Phi) is 7.94. The van der Waals surface area contributed by atoms with Gasteiger partial charge in [0.15, 0.2) is 0 Å². The minimum atomic E-state index is -0.159. The van der Waals surface area contributed by atoms with Crippen LogP contribution in [0.2, 0.25) is 0 Å². The van der Waals surface area contributed by atoms with Crippen LogP contribution in [0.5, 0.6) is 11.5 Å². The van der Waals surface area contributed by atoms with Gasteiger partial charge in [-0.3, -0.25) is 4.79 Å². The Labute approximate surface area is 167 Å². The number of nitrogens with zero attached hydrogens (tertiary/aromatic N) is 1. The second kappa shape index (κ2) is 10.6. The summed E-state index contributed by atoms with van der Waals surface area (Å²) >= 11 is 0. The predicted octanol–water partition coefficient (Wildman–Crippen LogP) is 1.95. The molecule has 2 heterocycles. The molecule has 3 rings (SSSR count). The number of hydrogen-bond donors (Lipinski definition) is 1. The fourth-order valence-corrected chi connectivity index (χ4v) is 3.76. The van der Waals surface area contributed by atoms with Crippen LogP contribution < -0.4 is 14.8 Å². The van der Waals surface area contributed by atoms with Crippen LogP contribution in [-0.4, -0.2) is 77.1 Å². The zero-order chi connectivity index (χ0) is 19.8. The number of likely N-dealkylation sites (tertiary alicyclic amines) is 1. The van der Waals surface area contributed by atoms with Crippen molar-refractivity contribution in [3.8, 4) is 11.5 Å². The van der Waals surface area contributed by atoms with E-state index < -0.39 is 0 Å². The molecular weight excluding hydrogens is 360 g/mol. The van der Waals surface area contributed by atoms with E-state index in [0.29, 0.717) is 36.1 Å². The van der Waals surface area contributed by atoms with Crippen LogP contribution >= 0.6 is 0 Å². The summed E-state index contributed by atoms with van der Waals surface area (Å²) in [4.78, 5) is 15.0. The molecule has 0 aliphatic carbocycles. The van der Waals surface area contributed by atoms with Gasteiger partial charge in [0.25, 0.3) is 5.91 Å². The van der Waals surface area contributed by atoms with Crippen LogP contribution in [0.25, 0.3) is 0 Å². The van der Waals surface area contributed by atoms with E-state index in [1.54, 1.807) is 32.4 Å². The number of carbonyl (C=O) groups is 1. The first kappa shape index (κ1) is 20.9. The second-order valence-corrected chi connectivity index (χ2v) is 7.46. The average molecular weight is 392 g/mol. The molecule has 7 nitrogen and oxygen atoms in total. The van der Waals surface area contributed by atoms with E-state index in [2.05, 4.69) is 10.2 Å². The SMILES string of the molecule is COCCNC(=O)c1ccc(OC)cc1OC1CCN(CC2CCOC2)CC1. The predicted molar refractivity (Wildman–Crippen MR) is 106 cm³/mol. The van der Waals surface area contributed by atoms with Gasteiger partial charge in [0, 0.05) is 46.0 Å². The third-order valence-corrected chi connectivity index (χ3v) is 5.39. The van der Waals surface area contributed by atoms with Gasteiger partial charge in [-0.15, -0.1) is 0 Å². The number of benzene rings is 1. The molecule has 2 aliphatic heterocycles. The lowest BCUT2D eigenvalue weighted by Crippen LogP contribution is -2.41. The van der Waals surface area contributed by atoms with E-state index >= 15 is 0 Å². The molecule has 1 amide bonds. The minimum absolute atomic E-state index is 0.105. The standard InChI is InChI=1S/C21H32N2O5/c1-25-12-8-22-21(24)19-4-3-18(26-2)13-20(19)28-17-5-9-23(10-6-17)14-16-7-11-27-15-16/h3-4,13,16-17H,5-12,14-15H2,1-2H3,(H,22,24). The molecule has 1 aromatic rings. The number of ether oxygens (including phenoxy) is 4. The Hall–Kier alpha value is -1.83. The van der Waals surface area contributed by atoms with Crippen molar-refractivity contribution >= 4 is 5.91 Å². The molecule has 0 spiro atoms. The molecule has 156 valence electrons. The van der Waals surface area contributed by atoms with Gasteiger partial charge in [0.1, 0.15) is 17.6 Å². The number of methoxy groups -OCH3 is 2. The van der Waals surface area contributed by atoms with Crippen molar-refractivity contribution in [2.75, 3.05) is 60.2 Å². The minimum Gasteiger partial charge on any atom is -0.497 e. The Bertz CT molecular complexity index is 625. The van der Waals surface area contributed by atoms with Crippen LogP contribution in [-0.2, 0) is 9.47 Å². The molecule has 1 aromatic carbocycles. The fourth-order valence-electron chi connectivity index (χ4n) is 3.76. The average Bonchev–Trinajstić information content (AvgIpc) is 3.22. The normalized spacial score (nSPS) is 20.9. The molecular formula is C21H32N2O5. The van der Waals surface area contributed by atoms with E-state index in [1.807, 2.05) is 0 Å². The Morgan fingerprint density at radius 2 is 2.07 bits per heavy atom. The summed E-state index contributed by atoms with van der Waals surface area (Å²) in [5.41, 5.74) is 0.530. The van der Waals surface area contributed by atoms with Crippen molar-refractivity contribution in [3.05, 3.63) is 23.8 Å². The highest BCUT2D eigenvalue weighted by Crippen LogP contribution is 2.28. The van der Waals surface area contributed by atoms with Gasteiger partial charge in [0.05, 0.1) is 25.9 Å². The van der Waals surface area contributed by atoms with Crippen molar-refractivity contribution in [2.45, 2.75) is 25.4 Å². The maximum absolute atomic E-state index is 12.5. The van der Waals surface area contributed by atoms with Crippen molar-refractivity contribution in [1.82, 2.24) is 10.2 Å². The van der Waals surface area contributed by atoms with Gasteiger partial charge in [-0.05, 0) is 37.3 Å². The van der Waals surface area contributed by atoms with E-state index in [1.165, 1.54) is 6.42 Å². The second-order valence-electron chi connectivity index (χ2n) is 7.46. The lowest BCUT2D eigenvalue weighted by molar-refractivity contribution is 0.0839. The number of piperidine rings is 1. The maximum Gasteiger partial charge on any atom is 0.255 e. The van der Waals surface area contributed by atoms with Crippen molar-refractivity contribution in [3.63, 3.8) is 0 Å². The molecule has 0 bridgehead atoms. The van der Waals surface area contributed by atoms with Gasteiger partial charge in [-0.25, -0.2) is 0 Å². The molecule has 0 radical (unpaired) electrons. The monoisotopic (exact) mass is 392 g/mol. The van der Waals surface area contributed by atoms with Crippen molar-refractivity contribution in [1.29, 1.82) is 0 Å². The van der Waals surface area contributed by atoms with Crippen LogP contribution in [0, 0.1) is 5.92 Å². The van der Waals surface area contributed by atoms with Crippen molar-refractivity contribution < 1.29 is 23.7 Å². The molecule has 1 atom stereocenters. The molecule has 2 aliphatic rings. The number of hydrogen-bond acceptors (Lipinski definition) is 6. The lowest BCUT2D eigenvalue weighted by Gasteiger charge is -2.33. The summed E-state index contributed by atoms with van der Waals surface area (Å²) < 4.78 is 22.0. The molecule has 7 heteroatoms. The quantitative estimate of drug-likeness (QED) is 0.648. The summed E-state index contributed by atoms with van der Waals surface area (Å²) in [5, 5.41) is 2.86. The maximum atomic E-state index is 12.5. The molecule has 0 saturated carbocycles. The van der Waals surface area contributed by atoms with Gasteiger partial charge < -0.3 is 29.2 Å². The van der Waals surface area contributed by atoms with Gasteiger partial charge >= 0.3 is 0 Å². The molecule has 2 fully saturated rings. The smallest absolute Gasteiger partial charge is 0.255 e. The third-order valence-electron chi connectivity index (χ3n) is 5.39. The highest BCUT2D eigenvalue weighted by atomic mass is 16.5. The van der Waals surface area contributed by atoms with Gasteiger partial charge in [0.2, 0.25) is 0 Å². The first-order valence-electron chi connectivity index (χ1n) is 10.1. The first-order chi connectivity index (χ1) is 13.7. The summed E-state index contributed by atoms with van der Waals surface area (Å²) in [7, 11) is 3.23. The van der Waals surface area contributed by atoms with E-state index in [9.17, 15) is 4.79 Å². The molecule has 1 N–H and O–H groups in total. The van der Waals surface area contributed by atoms with E-state index in [-0.39, 0.29) is 12.0 Å². The summed E-state index contributed by atoms with van der Waals surface area (Å²) in [6.07, 6.45) is 3.18. The highest BCUT2D eigenvalue weighted by Gasteiger charge is 2.26. The van der Waals surface area contributed by atoms with Crippen LogP contribution in [0.1, 0.15) is 29.6 Å². The lowest BCUT2D eigenvalue weighted by atomic mass is 10.0. The molecule has 2 saturated heterocycles. The Balaban J connectivity index is 1.57. The zero-order valence-corrected chi connectivity index (χ0v) is 16.9. The Morgan fingerprint density at radius 1 is 1.25 bits per heavy atom. The number of carbonyl (C=O) groups excluding carboxylic acids is 1. The van der Waals surface area contributed by atoms with E-state index in [4.69, 9.17) is 18.9 Å². The summed E-state index contributed by atoms with van der Waals surface area (Å²) in [5.74, 6) is 1.77. The molecule has 0 aromatic heterocycles. The number of nitrogens with one attached hydrogen (secondary N) is 1. The first-order valence-corrected chi connectivity index (χ1v) is 10.1. The third kappa shape index (κ3) is 5.83. The molecule has 28 heavy (non-hydrogen) atoms. The topological polar surface area (TPSA) is 69.3 Å². The van der Waals surface area contributed by atoms with Gasteiger partial charge in [-0.2, -0.15) is 0 Å². The zero-order valence-electron chi connectivity index (χ0n) is 16.9. The van der Waals surface area contributed by atoms with E-state index in [0.717, 1.165) is 45.7 Å². The van der Waals surface area contributed by atoms with Crippen LogP contribution in [0.15, 0.2) is 18.2 Å².